The van der Waals surface area contributed by atoms with Crippen molar-refractivity contribution in [2.24, 2.45) is 0 Å². The van der Waals surface area contributed by atoms with Gasteiger partial charge in [-0.2, -0.15) is 9.61 Å². The number of rotatable bonds is 2. The lowest BCUT2D eigenvalue weighted by molar-refractivity contribution is 0.969. The van der Waals surface area contributed by atoms with E-state index in [1.807, 2.05) is 16.6 Å². The first-order chi connectivity index (χ1) is 11.1. The van der Waals surface area contributed by atoms with Gasteiger partial charge >= 0.3 is 0 Å². The number of aryl methyl sites for hydroxylation is 3. The summed E-state index contributed by atoms with van der Waals surface area (Å²) >= 11 is 1.57. The van der Waals surface area contributed by atoms with Crippen LogP contribution in [0.2, 0.25) is 0 Å². The predicted molar refractivity (Wildman–Crippen MR) is 93.7 cm³/mol. The number of nitrogens with zero attached hydrogens (tertiary/aromatic N) is 4. The van der Waals surface area contributed by atoms with Gasteiger partial charge in [0.25, 0.3) is 0 Å². The first-order valence-electron chi connectivity index (χ1n) is 7.49. The number of hydrogen-bond acceptors (Lipinski definition) is 4. The first-order valence-corrected chi connectivity index (χ1v) is 8.30. The highest BCUT2D eigenvalue weighted by Gasteiger charge is 2.15. The van der Waals surface area contributed by atoms with E-state index in [9.17, 15) is 0 Å². The van der Waals surface area contributed by atoms with Crippen molar-refractivity contribution in [2.75, 3.05) is 0 Å². The maximum Gasteiger partial charge on any atom is 0.235 e. The lowest BCUT2D eigenvalue weighted by Crippen LogP contribution is -1.92. The Morgan fingerprint density at radius 3 is 2.52 bits per heavy atom. The third-order valence-corrected chi connectivity index (χ3v) is 4.81. The molecular weight excluding hydrogens is 304 g/mol. The molecule has 0 bridgehead atoms. The second-order valence-electron chi connectivity index (χ2n) is 5.81. The second-order valence-corrected chi connectivity index (χ2v) is 6.77. The van der Waals surface area contributed by atoms with Crippen LogP contribution in [-0.2, 0) is 0 Å². The van der Waals surface area contributed by atoms with E-state index in [0.717, 1.165) is 26.9 Å². The number of aromatic nitrogens is 4. The summed E-state index contributed by atoms with van der Waals surface area (Å²) in [7, 11) is 0. The lowest BCUT2D eigenvalue weighted by atomic mass is 10.1. The van der Waals surface area contributed by atoms with Crippen molar-refractivity contribution in [3.8, 4) is 22.0 Å². The van der Waals surface area contributed by atoms with Gasteiger partial charge in [0.15, 0.2) is 5.82 Å². The number of fused-ring (bicyclic) bond motifs is 1. The van der Waals surface area contributed by atoms with Crippen molar-refractivity contribution in [1.82, 2.24) is 19.8 Å². The topological polar surface area (TPSA) is 43.1 Å². The average molecular weight is 320 g/mol. The van der Waals surface area contributed by atoms with Crippen LogP contribution in [0.25, 0.3) is 26.9 Å². The molecule has 4 rings (SSSR count). The molecule has 0 saturated carbocycles. The molecule has 23 heavy (non-hydrogen) atoms. The molecule has 4 nitrogen and oxygen atoms in total. The van der Waals surface area contributed by atoms with Crippen LogP contribution in [-0.4, -0.2) is 19.8 Å². The molecule has 0 aliphatic rings. The zero-order chi connectivity index (χ0) is 16.0. The fraction of sp³-hybridized carbons (Fsp3) is 0.167. The molecule has 0 aliphatic carbocycles. The molecule has 114 valence electrons. The average Bonchev–Trinajstić information content (AvgIpc) is 3.07. The quantitative estimate of drug-likeness (QED) is 0.548. The predicted octanol–water partition coefficient (Wildman–Crippen LogP) is 4.45. The van der Waals surface area contributed by atoms with E-state index in [2.05, 4.69) is 61.3 Å². The third kappa shape index (κ3) is 2.43. The summed E-state index contributed by atoms with van der Waals surface area (Å²) in [5.74, 6) is 0.788. The summed E-state index contributed by atoms with van der Waals surface area (Å²) < 4.78 is 1.84. The van der Waals surface area contributed by atoms with E-state index in [1.54, 1.807) is 11.3 Å². The van der Waals surface area contributed by atoms with Crippen molar-refractivity contribution in [1.29, 1.82) is 0 Å². The molecule has 0 radical (unpaired) electrons. The smallest absolute Gasteiger partial charge is 0.182 e. The van der Waals surface area contributed by atoms with Gasteiger partial charge in [0.1, 0.15) is 5.01 Å². The van der Waals surface area contributed by atoms with Crippen LogP contribution >= 0.6 is 11.3 Å². The molecule has 2 aromatic carbocycles. The first kappa shape index (κ1) is 14.1. The van der Waals surface area contributed by atoms with Gasteiger partial charge < -0.3 is 0 Å². The van der Waals surface area contributed by atoms with Crippen LogP contribution in [0.15, 0.2) is 42.5 Å². The molecule has 4 aromatic rings. The Kier molecular flexibility index (Phi) is 3.23. The Balaban J connectivity index is 1.86. The van der Waals surface area contributed by atoms with Crippen LogP contribution in [0.4, 0.5) is 0 Å². The van der Waals surface area contributed by atoms with E-state index in [0.29, 0.717) is 0 Å². The second kappa shape index (κ2) is 5.28. The molecule has 0 amide bonds. The summed E-state index contributed by atoms with van der Waals surface area (Å²) in [6, 6.07) is 14.7. The largest absolute Gasteiger partial charge is 0.235 e. The highest BCUT2D eigenvalue weighted by molar-refractivity contribution is 7.19. The molecular formula is C18H16N4S. The Labute approximate surface area is 138 Å². The highest BCUT2D eigenvalue weighted by atomic mass is 32.1. The molecule has 0 N–H and O–H groups in total. The van der Waals surface area contributed by atoms with E-state index in [-0.39, 0.29) is 0 Å². The minimum atomic E-state index is 0.788. The molecule has 2 heterocycles. The lowest BCUT2D eigenvalue weighted by Gasteiger charge is -2.02. The fourth-order valence-electron chi connectivity index (χ4n) is 2.74. The monoisotopic (exact) mass is 320 g/mol. The normalized spacial score (nSPS) is 11.3. The summed E-state index contributed by atoms with van der Waals surface area (Å²) in [4.78, 5) is 0.816. The van der Waals surface area contributed by atoms with Gasteiger partial charge in [-0.15, -0.1) is 10.2 Å². The third-order valence-electron chi connectivity index (χ3n) is 3.88. The van der Waals surface area contributed by atoms with Crippen LogP contribution in [0.3, 0.4) is 0 Å². The van der Waals surface area contributed by atoms with Gasteiger partial charge in [-0.05, 0) is 32.4 Å². The van der Waals surface area contributed by atoms with Gasteiger partial charge in [-0.1, -0.05) is 58.9 Å². The van der Waals surface area contributed by atoms with Crippen LogP contribution in [0, 0.1) is 20.8 Å². The summed E-state index contributed by atoms with van der Waals surface area (Å²) in [6.07, 6.45) is 0. The van der Waals surface area contributed by atoms with Gasteiger partial charge in [0.2, 0.25) is 4.96 Å². The van der Waals surface area contributed by atoms with Crippen molar-refractivity contribution in [3.05, 3.63) is 59.2 Å². The Bertz CT molecular complexity index is 1010. The van der Waals surface area contributed by atoms with E-state index < -0.39 is 0 Å². The Hall–Kier alpha value is -2.53. The zero-order valence-corrected chi connectivity index (χ0v) is 14.1. The molecule has 2 aromatic heterocycles. The Morgan fingerprint density at radius 1 is 0.913 bits per heavy atom. The summed E-state index contributed by atoms with van der Waals surface area (Å²) in [5, 5.41) is 14.3. The van der Waals surface area contributed by atoms with E-state index in [4.69, 9.17) is 5.10 Å². The molecule has 0 atom stereocenters. The van der Waals surface area contributed by atoms with E-state index in [1.165, 1.54) is 16.7 Å². The van der Waals surface area contributed by atoms with Crippen molar-refractivity contribution >= 4 is 16.3 Å². The van der Waals surface area contributed by atoms with Crippen LogP contribution in [0.1, 0.15) is 16.7 Å². The minimum absolute atomic E-state index is 0.788. The van der Waals surface area contributed by atoms with E-state index >= 15 is 0 Å². The Morgan fingerprint density at radius 2 is 1.74 bits per heavy atom. The van der Waals surface area contributed by atoms with Crippen LogP contribution < -0.4 is 0 Å². The molecule has 0 spiro atoms. The molecule has 0 fully saturated rings. The van der Waals surface area contributed by atoms with Crippen molar-refractivity contribution in [2.45, 2.75) is 20.8 Å². The maximum absolute atomic E-state index is 4.75. The number of benzene rings is 2. The fourth-order valence-corrected chi connectivity index (χ4v) is 3.67. The van der Waals surface area contributed by atoms with Crippen molar-refractivity contribution in [3.63, 3.8) is 0 Å². The van der Waals surface area contributed by atoms with Gasteiger partial charge in [-0.3, -0.25) is 0 Å². The van der Waals surface area contributed by atoms with Gasteiger partial charge in [-0.25, -0.2) is 0 Å². The SMILES string of the molecule is Cc1cccc(-c2nnc3sc(-c4ccc(C)cc4C)nn23)c1. The maximum atomic E-state index is 4.75. The molecule has 0 aliphatic heterocycles. The molecule has 5 heteroatoms. The zero-order valence-electron chi connectivity index (χ0n) is 13.2. The number of hydrogen-bond donors (Lipinski definition) is 0. The standard InChI is InChI=1S/C18H16N4S/c1-11-5-4-6-14(10-11)16-19-20-18-22(16)21-17(23-18)15-8-7-12(2)9-13(15)3/h4-10H,1-3H3. The van der Waals surface area contributed by atoms with Crippen molar-refractivity contribution < 1.29 is 0 Å². The molecule has 0 unspecified atom stereocenters. The minimum Gasteiger partial charge on any atom is -0.182 e. The summed E-state index contributed by atoms with van der Waals surface area (Å²) in [5.41, 5.74) is 5.88. The highest BCUT2D eigenvalue weighted by Crippen LogP contribution is 2.30. The van der Waals surface area contributed by atoms with Gasteiger partial charge in [0.05, 0.1) is 0 Å². The molecule has 0 saturated heterocycles. The summed E-state index contributed by atoms with van der Waals surface area (Å²) in [6.45, 7) is 6.29. The van der Waals surface area contributed by atoms with Crippen LogP contribution in [0.5, 0.6) is 0 Å². The van der Waals surface area contributed by atoms with Gasteiger partial charge in [0, 0.05) is 11.1 Å².